The molecular weight excluding hydrogens is 322 g/mol. The van der Waals surface area contributed by atoms with Gasteiger partial charge in [-0.1, -0.05) is 35.5 Å². The van der Waals surface area contributed by atoms with E-state index in [1.54, 1.807) is 11.8 Å². The zero-order valence-electron chi connectivity index (χ0n) is 14.4. The van der Waals surface area contributed by atoms with Gasteiger partial charge in [-0.2, -0.15) is 4.98 Å². The number of aromatic nitrogens is 2. The number of hydrogen-bond donors (Lipinski definition) is 1. The maximum absolute atomic E-state index is 12.5. The van der Waals surface area contributed by atoms with Gasteiger partial charge in [-0.15, -0.1) is 0 Å². The number of carbonyl (C=O) groups is 1. The molecule has 0 saturated carbocycles. The van der Waals surface area contributed by atoms with E-state index in [-0.39, 0.29) is 25.7 Å². The van der Waals surface area contributed by atoms with Gasteiger partial charge < -0.3 is 19.3 Å². The van der Waals surface area contributed by atoms with Gasteiger partial charge in [0.1, 0.15) is 13.2 Å². The molecule has 2 aromatic rings. The first-order valence-electron chi connectivity index (χ1n) is 8.44. The Morgan fingerprint density at radius 3 is 2.88 bits per heavy atom. The lowest BCUT2D eigenvalue weighted by atomic mass is 9.75. The van der Waals surface area contributed by atoms with Crippen molar-refractivity contribution in [3.8, 4) is 0 Å². The van der Waals surface area contributed by atoms with Crippen molar-refractivity contribution in [3.63, 3.8) is 0 Å². The Morgan fingerprint density at radius 1 is 1.40 bits per heavy atom. The summed E-state index contributed by atoms with van der Waals surface area (Å²) in [6.07, 6.45) is 1.71. The lowest BCUT2D eigenvalue weighted by Crippen LogP contribution is -2.51. The molecule has 134 valence electrons. The highest BCUT2D eigenvalue weighted by molar-refractivity contribution is 5.77. The Bertz CT molecular complexity index is 703. The van der Waals surface area contributed by atoms with E-state index < -0.39 is 5.41 Å². The van der Waals surface area contributed by atoms with Crippen LogP contribution in [0.4, 0.5) is 0 Å². The maximum atomic E-state index is 12.5. The molecule has 0 spiro atoms. The van der Waals surface area contributed by atoms with Gasteiger partial charge in [0.25, 0.3) is 5.89 Å². The molecule has 1 amide bonds. The molecule has 1 aromatic heterocycles. The number of likely N-dealkylation sites (tertiary alicyclic amines) is 1. The lowest BCUT2D eigenvalue weighted by Gasteiger charge is -2.42. The van der Waals surface area contributed by atoms with Gasteiger partial charge in [-0.25, -0.2) is 0 Å². The van der Waals surface area contributed by atoms with Crippen molar-refractivity contribution in [2.75, 3.05) is 26.3 Å². The van der Waals surface area contributed by atoms with Crippen molar-refractivity contribution < 1.29 is 19.2 Å². The molecule has 0 bridgehead atoms. The first-order valence-corrected chi connectivity index (χ1v) is 8.44. The molecule has 3 rings (SSSR count). The minimum Gasteiger partial charge on any atom is -0.395 e. The predicted octanol–water partition coefficient (Wildman–Crippen LogP) is 1.45. The van der Waals surface area contributed by atoms with Crippen LogP contribution in [0.1, 0.15) is 30.1 Å². The topological polar surface area (TPSA) is 88.7 Å². The minimum atomic E-state index is -0.404. The number of aliphatic hydroxyl groups excluding tert-OH is 1. The van der Waals surface area contributed by atoms with E-state index in [0.717, 1.165) is 18.4 Å². The molecule has 1 saturated heterocycles. The van der Waals surface area contributed by atoms with Gasteiger partial charge in [-0.3, -0.25) is 4.79 Å². The number of amides is 1. The second kappa shape index (κ2) is 7.76. The summed E-state index contributed by atoms with van der Waals surface area (Å²) in [7, 11) is 0. The summed E-state index contributed by atoms with van der Waals surface area (Å²) in [6.45, 7) is 2.99. The number of benzene rings is 1. The van der Waals surface area contributed by atoms with Crippen molar-refractivity contribution >= 4 is 5.91 Å². The van der Waals surface area contributed by atoms with Gasteiger partial charge in [0.15, 0.2) is 5.82 Å². The molecule has 1 aromatic carbocycles. The third-order valence-corrected chi connectivity index (χ3v) is 4.64. The summed E-state index contributed by atoms with van der Waals surface area (Å²) >= 11 is 0. The summed E-state index contributed by atoms with van der Waals surface area (Å²) in [4.78, 5) is 18.3. The van der Waals surface area contributed by atoms with Crippen LogP contribution in [-0.2, 0) is 21.6 Å². The van der Waals surface area contributed by atoms with Crippen LogP contribution >= 0.6 is 0 Å². The van der Waals surface area contributed by atoms with Crippen LogP contribution < -0.4 is 0 Å². The Morgan fingerprint density at radius 2 is 2.20 bits per heavy atom. The Balaban J connectivity index is 1.59. The standard InChI is InChI=1S/C18H23N3O4/c1-14-19-16(25-20-14)10-24-11-17(23)21-9-5-8-18(12-21,13-22)15-6-3-2-4-7-15/h2-4,6-7,22H,5,8-13H2,1H3. The number of aliphatic hydroxyl groups is 1. The van der Waals surface area contributed by atoms with Crippen LogP contribution in [0.2, 0.25) is 0 Å². The molecule has 1 aliphatic rings. The first kappa shape index (κ1) is 17.6. The molecule has 7 heteroatoms. The number of piperidine rings is 1. The van der Waals surface area contributed by atoms with Crippen LogP contribution in [0.25, 0.3) is 0 Å². The van der Waals surface area contributed by atoms with Gasteiger partial charge in [-0.05, 0) is 25.3 Å². The van der Waals surface area contributed by atoms with Crippen molar-refractivity contribution in [2.24, 2.45) is 0 Å². The second-order valence-electron chi connectivity index (χ2n) is 6.45. The molecule has 0 radical (unpaired) electrons. The SMILES string of the molecule is Cc1noc(COCC(=O)N2CCCC(CO)(c3ccccc3)C2)n1. The normalized spacial score (nSPS) is 20.6. The van der Waals surface area contributed by atoms with E-state index in [4.69, 9.17) is 9.26 Å². The fourth-order valence-corrected chi connectivity index (χ4v) is 3.31. The van der Waals surface area contributed by atoms with Crippen molar-refractivity contribution in [3.05, 3.63) is 47.6 Å². The van der Waals surface area contributed by atoms with E-state index in [9.17, 15) is 9.90 Å². The van der Waals surface area contributed by atoms with E-state index in [2.05, 4.69) is 10.1 Å². The Labute approximate surface area is 146 Å². The third-order valence-electron chi connectivity index (χ3n) is 4.64. The molecule has 1 unspecified atom stereocenters. The number of aryl methyl sites for hydroxylation is 1. The fourth-order valence-electron chi connectivity index (χ4n) is 3.31. The maximum Gasteiger partial charge on any atom is 0.252 e. The number of nitrogens with zero attached hydrogens (tertiary/aromatic N) is 3. The van der Waals surface area contributed by atoms with Gasteiger partial charge in [0.2, 0.25) is 5.91 Å². The quantitative estimate of drug-likeness (QED) is 0.852. The fraction of sp³-hybridized carbons (Fsp3) is 0.500. The van der Waals surface area contributed by atoms with Gasteiger partial charge in [0, 0.05) is 18.5 Å². The van der Waals surface area contributed by atoms with E-state index in [1.165, 1.54) is 0 Å². The number of hydrogen-bond acceptors (Lipinski definition) is 6. The van der Waals surface area contributed by atoms with Crippen LogP contribution in [0, 0.1) is 6.92 Å². The highest BCUT2D eigenvalue weighted by Gasteiger charge is 2.38. The monoisotopic (exact) mass is 345 g/mol. The molecule has 1 atom stereocenters. The first-order chi connectivity index (χ1) is 12.1. The van der Waals surface area contributed by atoms with Crippen molar-refractivity contribution in [2.45, 2.75) is 31.8 Å². The van der Waals surface area contributed by atoms with Crippen LogP contribution in [0.5, 0.6) is 0 Å². The molecule has 1 aliphatic heterocycles. The van der Waals surface area contributed by atoms with Crippen LogP contribution in [-0.4, -0.2) is 52.4 Å². The van der Waals surface area contributed by atoms with Gasteiger partial charge >= 0.3 is 0 Å². The summed E-state index contributed by atoms with van der Waals surface area (Å²) in [6, 6.07) is 9.90. The average Bonchev–Trinajstić information content (AvgIpc) is 3.07. The summed E-state index contributed by atoms with van der Waals surface area (Å²) in [5, 5.41) is 13.7. The predicted molar refractivity (Wildman–Crippen MR) is 89.7 cm³/mol. The molecule has 7 nitrogen and oxygen atoms in total. The van der Waals surface area contributed by atoms with E-state index in [1.807, 2.05) is 30.3 Å². The molecule has 2 heterocycles. The second-order valence-corrected chi connectivity index (χ2v) is 6.45. The number of carbonyl (C=O) groups excluding carboxylic acids is 1. The summed E-state index contributed by atoms with van der Waals surface area (Å²) in [5.41, 5.74) is 0.663. The number of rotatable bonds is 6. The average molecular weight is 345 g/mol. The van der Waals surface area contributed by atoms with Crippen LogP contribution in [0.3, 0.4) is 0 Å². The Kier molecular flexibility index (Phi) is 5.45. The smallest absolute Gasteiger partial charge is 0.252 e. The molecular formula is C18H23N3O4. The molecule has 1 N–H and O–H groups in total. The van der Waals surface area contributed by atoms with Crippen LogP contribution in [0.15, 0.2) is 34.9 Å². The molecule has 1 fully saturated rings. The van der Waals surface area contributed by atoms with Crippen molar-refractivity contribution in [1.82, 2.24) is 15.0 Å². The third kappa shape index (κ3) is 4.05. The zero-order valence-corrected chi connectivity index (χ0v) is 14.4. The van der Waals surface area contributed by atoms with Gasteiger partial charge in [0.05, 0.1) is 6.61 Å². The highest BCUT2D eigenvalue weighted by atomic mass is 16.5. The molecule has 0 aliphatic carbocycles. The summed E-state index contributed by atoms with van der Waals surface area (Å²) in [5.74, 6) is 0.805. The molecule has 25 heavy (non-hydrogen) atoms. The minimum absolute atomic E-state index is 0.0168. The van der Waals surface area contributed by atoms with E-state index in [0.29, 0.717) is 24.8 Å². The number of ether oxygens (including phenoxy) is 1. The summed E-state index contributed by atoms with van der Waals surface area (Å²) < 4.78 is 10.4. The van der Waals surface area contributed by atoms with E-state index >= 15 is 0 Å². The highest BCUT2D eigenvalue weighted by Crippen LogP contribution is 2.33. The van der Waals surface area contributed by atoms with Crippen molar-refractivity contribution in [1.29, 1.82) is 0 Å². The largest absolute Gasteiger partial charge is 0.395 e. The Hall–Kier alpha value is -2.25. The zero-order chi connectivity index (χ0) is 17.7. The lowest BCUT2D eigenvalue weighted by molar-refractivity contribution is -0.139.